The third-order valence-electron chi connectivity index (χ3n) is 6.05. The molecule has 3 aliphatic rings. The summed E-state index contributed by atoms with van der Waals surface area (Å²) in [5.41, 5.74) is 0. The van der Waals surface area contributed by atoms with Crippen LogP contribution in [0.25, 0.3) is 0 Å². The third-order valence-corrected chi connectivity index (χ3v) is 6.05. The Balaban J connectivity index is 1.49. The van der Waals surface area contributed by atoms with Crippen LogP contribution in [0.5, 0.6) is 0 Å². The maximum Gasteiger partial charge on any atom is 0.223 e. The molecule has 4 heteroatoms. The van der Waals surface area contributed by atoms with E-state index < -0.39 is 0 Å². The van der Waals surface area contributed by atoms with Gasteiger partial charge in [-0.15, -0.1) is 0 Å². The van der Waals surface area contributed by atoms with E-state index in [1.54, 1.807) is 0 Å². The van der Waals surface area contributed by atoms with Crippen molar-refractivity contribution in [2.75, 3.05) is 39.3 Å². The van der Waals surface area contributed by atoms with Gasteiger partial charge in [-0.05, 0) is 76.5 Å². The van der Waals surface area contributed by atoms with E-state index in [0.717, 1.165) is 38.5 Å². The van der Waals surface area contributed by atoms with Crippen LogP contribution >= 0.6 is 0 Å². The Morgan fingerprint density at radius 3 is 2.55 bits per heavy atom. The highest BCUT2D eigenvalue weighted by molar-refractivity contribution is 5.77. The summed E-state index contributed by atoms with van der Waals surface area (Å²) >= 11 is 0. The van der Waals surface area contributed by atoms with E-state index in [2.05, 4.69) is 22.0 Å². The van der Waals surface area contributed by atoms with Crippen molar-refractivity contribution in [1.82, 2.24) is 15.1 Å². The van der Waals surface area contributed by atoms with Gasteiger partial charge < -0.3 is 15.1 Å². The summed E-state index contributed by atoms with van der Waals surface area (Å²) in [5, 5.41) is 3.42. The Bertz CT molecular complexity index is 361. The number of nitrogens with zero attached hydrogens (tertiary/aromatic N) is 2. The molecule has 126 valence electrons. The fourth-order valence-corrected chi connectivity index (χ4v) is 4.59. The van der Waals surface area contributed by atoms with Crippen molar-refractivity contribution in [1.29, 1.82) is 0 Å². The van der Waals surface area contributed by atoms with Gasteiger partial charge in [0.1, 0.15) is 0 Å². The van der Waals surface area contributed by atoms with Gasteiger partial charge in [0, 0.05) is 25.6 Å². The molecule has 3 rings (SSSR count). The molecule has 0 aliphatic carbocycles. The van der Waals surface area contributed by atoms with Gasteiger partial charge in [0.25, 0.3) is 0 Å². The van der Waals surface area contributed by atoms with Crippen molar-refractivity contribution in [2.45, 2.75) is 57.9 Å². The summed E-state index contributed by atoms with van der Waals surface area (Å²) < 4.78 is 0. The first-order valence-electron chi connectivity index (χ1n) is 9.46. The van der Waals surface area contributed by atoms with Crippen molar-refractivity contribution in [3.8, 4) is 0 Å². The highest BCUT2D eigenvalue weighted by Crippen LogP contribution is 2.27. The number of carbonyl (C=O) groups is 1. The molecule has 0 spiro atoms. The molecule has 0 radical (unpaired) electrons. The Hall–Kier alpha value is -0.610. The minimum absolute atomic E-state index is 0.424. The largest absolute Gasteiger partial charge is 0.338 e. The fourth-order valence-electron chi connectivity index (χ4n) is 4.59. The molecule has 0 aromatic carbocycles. The molecule has 0 saturated carbocycles. The molecule has 3 fully saturated rings. The number of hydrogen-bond acceptors (Lipinski definition) is 3. The smallest absolute Gasteiger partial charge is 0.223 e. The summed E-state index contributed by atoms with van der Waals surface area (Å²) in [4.78, 5) is 17.6. The molecule has 2 unspecified atom stereocenters. The maximum atomic E-state index is 12.8. The van der Waals surface area contributed by atoms with Crippen molar-refractivity contribution >= 4 is 5.91 Å². The van der Waals surface area contributed by atoms with E-state index in [-0.39, 0.29) is 0 Å². The minimum Gasteiger partial charge on any atom is -0.338 e. The van der Waals surface area contributed by atoms with Gasteiger partial charge in [-0.3, -0.25) is 4.79 Å². The predicted octanol–water partition coefficient (Wildman–Crippen LogP) is 2.10. The van der Waals surface area contributed by atoms with Gasteiger partial charge in [-0.2, -0.15) is 0 Å². The molecule has 3 saturated heterocycles. The number of likely N-dealkylation sites (tertiary alicyclic amines) is 2. The van der Waals surface area contributed by atoms with Gasteiger partial charge in [0.15, 0.2) is 0 Å². The van der Waals surface area contributed by atoms with E-state index in [9.17, 15) is 4.79 Å². The minimum atomic E-state index is 0.424. The topological polar surface area (TPSA) is 35.6 Å². The van der Waals surface area contributed by atoms with Crippen molar-refractivity contribution < 1.29 is 4.79 Å². The predicted molar refractivity (Wildman–Crippen MR) is 89.8 cm³/mol. The molecule has 0 aromatic rings. The van der Waals surface area contributed by atoms with Crippen LogP contribution in [0.3, 0.4) is 0 Å². The first-order chi connectivity index (χ1) is 10.7. The lowest BCUT2D eigenvalue weighted by atomic mass is 9.84. The van der Waals surface area contributed by atoms with Crippen LogP contribution in [0.15, 0.2) is 0 Å². The Kier molecular flexibility index (Phi) is 5.75. The molecule has 1 N–H and O–H groups in total. The van der Waals surface area contributed by atoms with E-state index >= 15 is 0 Å². The molecule has 0 aromatic heterocycles. The van der Waals surface area contributed by atoms with Crippen molar-refractivity contribution in [3.63, 3.8) is 0 Å². The summed E-state index contributed by atoms with van der Waals surface area (Å²) in [5.74, 6) is 1.71. The fraction of sp³-hybridized carbons (Fsp3) is 0.944. The Morgan fingerprint density at radius 1 is 1.09 bits per heavy atom. The van der Waals surface area contributed by atoms with Gasteiger partial charge in [-0.25, -0.2) is 0 Å². The second-order valence-corrected chi connectivity index (χ2v) is 7.66. The second-order valence-electron chi connectivity index (χ2n) is 7.66. The molecule has 3 aliphatic heterocycles. The zero-order valence-corrected chi connectivity index (χ0v) is 14.2. The molecule has 3 heterocycles. The number of piperidine rings is 1. The van der Waals surface area contributed by atoms with Crippen LogP contribution in [0.1, 0.15) is 51.9 Å². The Labute approximate surface area is 135 Å². The molecule has 0 bridgehead atoms. The first kappa shape index (κ1) is 16.3. The van der Waals surface area contributed by atoms with Crippen molar-refractivity contribution in [2.24, 2.45) is 11.8 Å². The van der Waals surface area contributed by atoms with E-state index in [0.29, 0.717) is 17.9 Å². The average Bonchev–Trinajstić information content (AvgIpc) is 3.20. The number of rotatable bonds is 5. The molecule has 2 atom stereocenters. The number of hydrogen-bond donors (Lipinski definition) is 1. The average molecular weight is 307 g/mol. The van der Waals surface area contributed by atoms with Crippen LogP contribution in [-0.2, 0) is 4.79 Å². The van der Waals surface area contributed by atoms with Crippen LogP contribution in [-0.4, -0.2) is 61.0 Å². The highest BCUT2D eigenvalue weighted by atomic mass is 16.2. The van der Waals surface area contributed by atoms with Gasteiger partial charge in [0.2, 0.25) is 5.91 Å². The van der Waals surface area contributed by atoms with Crippen LogP contribution in [0, 0.1) is 11.8 Å². The molecule has 4 nitrogen and oxygen atoms in total. The lowest BCUT2D eigenvalue weighted by Crippen LogP contribution is -2.43. The van der Waals surface area contributed by atoms with Crippen LogP contribution in [0.2, 0.25) is 0 Å². The zero-order chi connectivity index (χ0) is 15.4. The first-order valence-corrected chi connectivity index (χ1v) is 9.46. The monoisotopic (exact) mass is 307 g/mol. The van der Waals surface area contributed by atoms with Gasteiger partial charge in [0.05, 0.1) is 0 Å². The number of nitrogens with one attached hydrogen (secondary N) is 1. The summed E-state index contributed by atoms with van der Waals surface area (Å²) in [7, 11) is 0. The quantitative estimate of drug-likeness (QED) is 0.845. The lowest BCUT2D eigenvalue weighted by Gasteiger charge is -2.32. The maximum absolute atomic E-state index is 12.8. The summed E-state index contributed by atoms with van der Waals surface area (Å²) in [6.45, 7) is 9.15. The zero-order valence-electron chi connectivity index (χ0n) is 14.2. The van der Waals surface area contributed by atoms with E-state index in [1.165, 1.54) is 51.6 Å². The normalized spacial score (nSPS) is 29.1. The van der Waals surface area contributed by atoms with Gasteiger partial charge in [-0.1, -0.05) is 6.92 Å². The highest BCUT2D eigenvalue weighted by Gasteiger charge is 2.32. The molecule has 22 heavy (non-hydrogen) atoms. The summed E-state index contributed by atoms with van der Waals surface area (Å²) in [6.07, 6.45) is 8.34. The molecular formula is C18H33N3O. The number of amides is 1. The van der Waals surface area contributed by atoms with Gasteiger partial charge >= 0.3 is 0 Å². The van der Waals surface area contributed by atoms with E-state index in [1.807, 2.05) is 0 Å². The summed E-state index contributed by atoms with van der Waals surface area (Å²) in [6, 6.07) is 0.492. The third kappa shape index (κ3) is 4.02. The van der Waals surface area contributed by atoms with Crippen LogP contribution < -0.4 is 5.32 Å². The molecule has 1 amide bonds. The van der Waals surface area contributed by atoms with E-state index in [4.69, 9.17) is 0 Å². The Morgan fingerprint density at radius 2 is 1.82 bits per heavy atom. The SMILES string of the molecule is CC(CC(=O)N1CCCC1CN1CCCC1)C1CCNCC1. The molecular weight excluding hydrogens is 274 g/mol. The van der Waals surface area contributed by atoms with Crippen molar-refractivity contribution in [3.05, 3.63) is 0 Å². The standard InChI is InChI=1S/C18H33N3O/c1-15(16-6-8-19-9-7-16)13-18(22)21-12-4-5-17(21)14-20-10-2-3-11-20/h15-17,19H,2-14H2,1H3. The number of carbonyl (C=O) groups excluding carboxylic acids is 1. The van der Waals surface area contributed by atoms with Crippen LogP contribution in [0.4, 0.5) is 0 Å². The second kappa shape index (κ2) is 7.78. The lowest BCUT2D eigenvalue weighted by molar-refractivity contribution is -0.133.